The molecule has 0 saturated carbocycles. The third-order valence-electron chi connectivity index (χ3n) is 2.83. The summed E-state index contributed by atoms with van der Waals surface area (Å²) >= 11 is 3.40. The molecule has 1 aromatic carbocycles. The maximum atomic E-state index is 11.7. The Morgan fingerprint density at radius 1 is 1.20 bits per heavy atom. The second kappa shape index (κ2) is 8.74. The molecule has 0 aliphatic carbocycles. The zero-order chi connectivity index (χ0) is 15.0. The van der Waals surface area contributed by atoms with Crippen molar-refractivity contribution in [2.24, 2.45) is 0 Å². The zero-order valence-corrected chi connectivity index (χ0v) is 13.4. The molecule has 5 heteroatoms. The number of esters is 1. The van der Waals surface area contributed by atoms with E-state index in [9.17, 15) is 9.59 Å². The van der Waals surface area contributed by atoms with Crippen molar-refractivity contribution in [2.45, 2.75) is 32.6 Å². The number of carbonyl (C=O) groups excluding carboxylic acids is 2. The quantitative estimate of drug-likeness (QED) is 0.680. The van der Waals surface area contributed by atoms with Crippen LogP contribution in [0.5, 0.6) is 5.75 Å². The van der Waals surface area contributed by atoms with Gasteiger partial charge in [0.05, 0.1) is 20.1 Å². The molecular formula is C15H19BrO4. The molecule has 4 nitrogen and oxygen atoms in total. The maximum absolute atomic E-state index is 11.7. The Bertz CT molecular complexity index is 471. The first-order chi connectivity index (χ1) is 9.56. The predicted octanol–water partition coefficient (Wildman–Crippen LogP) is 3.30. The van der Waals surface area contributed by atoms with Crippen LogP contribution in [-0.2, 0) is 20.7 Å². The number of hydrogen-bond donors (Lipinski definition) is 0. The molecule has 0 atom stereocenters. The van der Waals surface area contributed by atoms with E-state index in [0.717, 1.165) is 15.8 Å². The fourth-order valence-electron chi connectivity index (χ4n) is 1.82. The van der Waals surface area contributed by atoms with Crippen molar-refractivity contribution < 1.29 is 19.1 Å². The third kappa shape index (κ3) is 5.74. The van der Waals surface area contributed by atoms with Crippen molar-refractivity contribution >= 4 is 27.7 Å². The van der Waals surface area contributed by atoms with Gasteiger partial charge in [0.2, 0.25) is 0 Å². The summed E-state index contributed by atoms with van der Waals surface area (Å²) in [6.45, 7) is 2.10. The third-order valence-corrected chi connectivity index (χ3v) is 3.32. The first-order valence-electron chi connectivity index (χ1n) is 6.56. The van der Waals surface area contributed by atoms with Gasteiger partial charge in [-0.25, -0.2) is 0 Å². The van der Waals surface area contributed by atoms with Crippen molar-refractivity contribution in [3.05, 3.63) is 28.2 Å². The van der Waals surface area contributed by atoms with Crippen LogP contribution in [0.25, 0.3) is 0 Å². The van der Waals surface area contributed by atoms with Gasteiger partial charge in [0.25, 0.3) is 0 Å². The lowest BCUT2D eigenvalue weighted by molar-refractivity contribution is -0.144. The van der Waals surface area contributed by atoms with E-state index in [2.05, 4.69) is 15.9 Å². The molecule has 1 rings (SSSR count). The minimum atomic E-state index is -0.319. The van der Waals surface area contributed by atoms with Crippen LogP contribution in [0.3, 0.4) is 0 Å². The van der Waals surface area contributed by atoms with E-state index in [0.29, 0.717) is 19.4 Å². The maximum Gasteiger partial charge on any atom is 0.306 e. The molecule has 0 spiro atoms. The van der Waals surface area contributed by atoms with Crippen molar-refractivity contribution in [3.8, 4) is 5.75 Å². The fraction of sp³-hybridized carbons (Fsp3) is 0.467. The Morgan fingerprint density at radius 2 is 1.95 bits per heavy atom. The van der Waals surface area contributed by atoms with Gasteiger partial charge in [-0.1, -0.05) is 15.9 Å². The smallest absolute Gasteiger partial charge is 0.306 e. The summed E-state index contributed by atoms with van der Waals surface area (Å²) in [5.41, 5.74) is 0.978. The first-order valence-corrected chi connectivity index (χ1v) is 7.35. The molecular weight excluding hydrogens is 324 g/mol. The summed E-state index contributed by atoms with van der Waals surface area (Å²) in [4.78, 5) is 22.9. The Kier molecular flexibility index (Phi) is 7.30. The molecule has 110 valence electrons. The van der Waals surface area contributed by atoms with Crippen LogP contribution >= 0.6 is 15.9 Å². The van der Waals surface area contributed by atoms with Gasteiger partial charge in [-0.05, 0) is 37.1 Å². The van der Waals surface area contributed by atoms with Gasteiger partial charge in [-0.15, -0.1) is 0 Å². The predicted molar refractivity (Wildman–Crippen MR) is 79.9 cm³/mol. The van der Waals surface area contributed by atoms with Crippen LogP contribution in [0.4, 0.5) is 0 Å². The Hall–Kier alpha value is -1.36. The number of methoxy groups -OCH3 is 1. The number of halogens is 1. The second-order valence-corrected chi connectivity index (χ2v) is 5.22. The molecule has 0 saturated heterocycles. The highest BCUT2D eigenvalue weighted by Gasteiger charge is 2.10. The molecule has 0 heterocycles. The molecule has 0 unspecified atom stereocenters. The molecule has 0 radical (unpaired) electrons. The summed E-state index contributed by atoms with van der Waals surface area (Å²) < 4.78 is 11.0. The summed E-state index contributed by atoms with van der Waals surface area (Å²) in [6, 6.07) is 5.70. The highest BCUT2D eigenvalue weighted by molar-refractivity contribution is 9.10. The van der Waals surface area contributed by atoms with Crippen LogP contribution < -0.4 is 4.74 Å². The van der Waals surface area contributed by atoms with Crippen molar-refractivity contribution in [3.63, 3.8) is 0 Å². The van der Waals surface area contributed by atoms with Crippen LogP contribution in [-0.4, -0.2) is 25.5 Å². The van der Waals surface area contributed by atoms with Gasteiger partial charge >= 0.3 is 5.97 Å². The second-order valence-electron chi connectivity index (χ2n) is 4.30. The van der Waals surface area contributed by atoms with Crippen molar-refractivity contribution in [1.29, 1.82) is 0 Å². The summed E-state index contributed by atoms with van der Waals surface area (Å²) in [6.07, 6.45) is 1.38. The fourth-order valence-corrected chi connectivity index (χ4v) is 2.22. The lowest BCUT2D eigenvalue weighted by Crippen LogP contribution is -2.08. The van der Waals surface area contributed by atoms with E-state index in [1.807, 2.05) is 18.2 Å². The molecule has 0 fully saturated rings. The Labute approximate surface area is 127 Å². The normalized spacial score (nSPS) is 10.2. The molecule has 1 aromatic rings. The summed E-state index contributed by atoms with van der Waals surface area (Å²) in [7, 11) is 1.61. The number of benzene rings is 1. The molecule has 0 N–H and O–H groups in total. The van der Waals surface area contributed by atoms with E-state index in [-0.39, 0.29) is 24.6 Å². The van der Waals surface area contributed by atoms with E-state index in [1.54, 1.807) is 14.0 Å². The largest absolute Gasteiger partial charge is 0.496 e. The van der Waals surface area contributed by atoms with Gasteiger partial charge in [0, 0.05) is 17.3 Å². The summed E-state index contributed by atoms with van der Waals surface area (Å²) in [5, 5.41) is 0. The van der Waals surface area contributed by atoms with Gasteiger partial charge in [0.1, 0.15) is 11.5 Å². The minimum Gasteiger partial charge on any atom is -0.496 e. The van der Waals surface area contributed by atoms with Crippen molar-refractivity contribution in [1.82, 2.24) is 0 Å². The van der Waals surface area contributed by atoms with Crippen molar-refractivity contribution in [2.75, 3.05) is 13.7 Å². The van der Waals surface area contributed by atoms with Crippen LogP contribution in [0, 0.1) is 0 Å². The SMILES string of the molecule is CCOC(=O)CCC(=O)CCc1cc(Br)ccc1OC. The molecule has 20 heavy (non-hydrogen) atoms. The average Bonchev–Trinajstić information content (AvgIpc) is 2.43. The number of carbonyl (C=O) groups is 2. The van der Waals surface area contributed by atoms with E-state index in [1.165, 1.54) is 0 Å². The number of ketones is 1. The van der Waals surface area contributed by atoms with Gasteiger partial charge in [-0.3, -0.25) is 9.59 Å². The minimum absolute atomic E-state index is 0.0556. The average molecular weight is 343 g/mol. The monoisotopic (exact) mass is 342 g/mol. The Balaban J connectivity index is 2.44. The number of ether oxygens (including phenoxy) is 2. The topological polar surface area (TPSA) is 52.6 Å². The van der Waals surface area contributed by atoms with Gasteiger partial charge < -0.3 is 9.47 Å². The number of aryl methyl sites for hydroxylation is 1. The molecule has 0 bridgehead atoms. The van der Waals surface area contributed by atoms with Gasteiger partial charge in [0.15, 0.2) is 0 Å². The van der Waals surface area contributed by atoms with E-state index in [4.69, 9.17) is 9.47 Å². The number of rotatable bonds is 8. The number of Topliss-reactive ketones (excluding diaryl/α,β-unsaturated/α-hetero) is 1. The van der Waals surface area contributed by atoms with Gasteiger partial charge in [-0.2, -0.15) is 0 Å². The first kappa shape index (κ1) is 16.7. The lowest BCUT2D eigenvalue weighted by atomic mass is 10.0. The molecule has 0 aliphatic rings. The number of hydrogen-bond acceptors (Lipinski definition) is 4. The van der Waals surface area contributed by atoms with E-state index >= 15 is 0 Å². The lowest BCUT2D eigenvalue weighted by Gasteiger charge is -2.08. The Morgan fingerprint density at radius 3 is 2.60 bits per heavy atom. The molecule has 0 aliphatic heterocycles. The van der Waals surface area contributed by atoms with Crippen LogP contribution in [0.15, 0.2) is 22.7 Å². The van der Waals surface area contributed by atoms with Crippen LogP contribution in [0.2, 0.25) is 0 Å². The van der Waals surface area contributed by atoms with E-state index < -0.39 is 0 Å². The molecule has 0 amide bonds. The summed E-state index contributed by atoms with van der Waals surface area (Å²) in [5.74, 6) is 0.507. The molecule has 0 aromatic heterocycles. The highest BCUT2D eigenvalue weighted by atomic mass is 79.9. The standard InChI is InChI=1S/C15H19BrO4/c1-3-20-15(18)9-7-13(17)6-4-11-10-12(16)5-8-14(11)19-2/h5,8,10H,3-4,6-7,9H2,1-2H3. The highest BCUT2D eigenvalue weighted by Crippen LogP contribution is 2.24. The van der Waals surface area contributed by atoms with Crippen LogP contribution in [0.1, 0.15) is 31.7 Å². The zero-order valence-electron chi connectivity index (χ0n) is 11.8.